The van der Waals surface area contributed by atoms with Crippen LogP contribution >= 0.6 is 34.2 Å². The van der Waals surface area contributed by atoms with Crippen molar-refractivity contribution in [3.05, 3.63) is 68.0 Å². The molecule has 1 atom stereocenters. The summed E-state index contributed by atoms with van der Waals surface area (Å²) in [5, 5.41) is 9.14. The summed E-state index contributed by atoms with van der Waals surface area (Å²) in [4.78, 5) is 12.4. The predicted octanol–water partition coefficient (Wildman–Crippen LogP) is 4.57. The van der Waals surface area contributed by atoms with Gasteiger partial charge in [0.2, 0.25) is 0 Å². The van der Waals surface area contributed by atoms with Gasteiger partial charge in [0, 0.05) is 14.7 Å². The van der Waals surface area contributed by atoms with Crippen LogP contribution in [0, 0.1) is 20.7 Å². The third-order valence-corrected chi connectivity index (χ3v) is 4.06. The first-order valence-electron chi connectivity index (χ1n) is 5.68. The monoisotopic (exact) mass is 399 g/mol. The summed E-state index contributed by atoms with van der Waals surface area (Å²) in [5.74, 6) is -2.36. The summed E-state index contributed by atoms with van der Waals surface area (Å²) in [5.41, 5.74) is 0.406. The van der Waals surface area contributed by atoms with Crippen LogP contribution in [0.1, 0.15) is 21.8 Å². The van der Waals surface area contributed by atoms with Crippen LogP contribution in [-0.4, -0.2) is 5.78 Å². The molecule has 0 bridgehead atoms. The average Bonchev–Trinajstić information content (AvgIpc) is 2.44. The molecule has 20 heavy (non-hydrogen) atoms. The molecule has 100 valence electrons. The minimum Gasteiger partial charge on any atom is -0.292 e. The first-order valence-corrected chi connectivity index (χ1v) is 7.14. The van der Waals surface area contributed by atoms with Crippen LogP contribution in [0.2, 0.25) is 5.02 Å². The van der Waals surface area contributed by atoms with Gasteiger partial charge in [-0.15, -0.1) is 0 Å². The number of nitriles is 1. The number of rotatable bonds is 3. The molecule has 0 aliphatic rings. The fourth-order valence-electron chi connectivity index (χ4n) is 1.83. The van der Waals surface area contributed by atoms with Crippen molar-refractivity contribution in [3.8, 4) is 6.07 Å². The van der Waals surface area contributed by atoms with E-state index in [0.717, 1.165) is 3.57 Å². The first-order chi connectivity index (χ1) is 9.56. The molecule has 0 saturated carbocycles. The van der Waals surface area contributed by atoms with Gasteiger partial charge in [-0.2, -0.15) is 5.26 Å². The Morgan fingerprint density at radius 3 is 2.60 bits per heavy atom. The molecule has 0 spiro atoms. The molecule has 0 aliphatic heterocycles. The number of carbonyl (C=O) groups excluding carboxylic acids is 1. The van der Waals surface area contributed by atoms with E-state index in [1.54, 1.807) is 24.3 Å². The Morgan fingerprint density at radius 1 is 1.25 bits per heavy atom. The lowest BCUT2D eigenvalue weighted by molar-refractivity contribution is 0.0976. The highest BCUT2D eigenvalue weighted by atomic mass is 127. The average molecular weight is 400 g/mol. The molecule has 2 aromatic rings. The second-order valence-electron chi connectivity index (χ2n) is 4.05. The maximum absolute atomic E-state index is 14.0. The third kappa shape index (κ3) is 2.84. The summed E-state index contributed by atoms with van der Waals surface area (Å²) in [6.07, 6.45) is 0. The molecule has 2 rings (SSSR count). The van der Waals surface area contributed by atoms with Crippen molar-refractivity contribution in [1.29, 1.82) is 5.26 Å². The molecule has 0 saturated heterocycles. The molecule has 1 unspecified atom stereocenters. The number of nitrogens with zero attached hydrogens (tertiary/aromatic N) is 1. The number of halogens is 3. The zero-order chi connectivity index (χ0) is 14.7. The molecular weight excluding hydrogens is 392 g/mol. The number of hydrogen-bond acceptors (Lipinski definition) is 2. The van der Waals surface area contributed by atoms with E-state index in [-0.39, 0.29) is 10.6 Å². The van der Waals surface area contributed by atoms with Crippen LogP contribution in [0.3, 0.4) is 0 Å². The van der Waals surface area contributed by atoms with Crippen molar-refractivity contribution in [2.45, 2.75) is 5.92 Å². The fourth-order valence-corrected chi connectivity index (χ4v) is 2.66. The van der Waals surface area contributed by atoms with Crippen molar-refractivity contribution < 1.29 is 9.18 Å². The molecule has 2 aromatic carbocycles. The molecule has 0 aromatic heterocycles. The number of benzene rings is 2. The van der Waals surface area contributed by atoms with E-state index in [1.807, 2.05) is 28.7 Å². The predicted molar refractivity (Wildman–Crippen MR) is 83.3 cm³/mol. The minimum atomic E-state index is -1.20. The molecule has 0 amide bonds. The van der Waals surface area contributed by atoms with E-state index in [4.69, 9.17) is 11.6 Å². The Bertz CT molecular complexity index is 711. The van der Waals surface area contributed by atoms with E-state index < -0.39 is 17.5 Å². The smallest absolute Gasteiger partial charge is 0.185 e. The van der Waals surface area contributed by atoms with Crippen LogP contribution in [0.4, 0.5) is 4.39 Å². The second-order valence-corrected chi connectivity index (χ2v) is 5.62. The first kappa shape index (κ1) is 14.9. The summed E-state index contributed by atoms with van der Waals surface area (Å²) >= 11 is 7.71. The topological polar surface area (TPSA) is 40.9 Å². The Morgan fingerprint density at radius 2 is 1.95 bits per heavy atom. The Hall–Kier alpha value is -1.45. The quantitative estimate of drug-likeness (QED) is 0.560. The maximum Gasteiger partial charge on any atom is 0.185 e. The van der Waals surface area contributed by atoms with Crippen LogP contribution in [0.5, 0.6) is 0 Å². The van der Waals surface area contributed by atoms with Gasteiger partial charge >= 0.3 is 0 Å². The zero-order valence-corrected chi connectivity index (χ0v) is 13.0. The largest absolute Gasteiger partial charge is 0.292 e. The zero-order valence-electron chi connectivity index (χ0n) is 10.1. The summed E-state index contributed by atoms with van der Waals surface area (Å²) in [7, 11) is 0. The van der Waals surface area contributed by atoms with Crippen molar-refractivity contribution in [1.82, 2.24) is 0 Å². The van der Waals surface area contributed by atoms with Crippen LogP contribution in [0.15, 0.2) is 42.5 Å². The van der Waals surface area contributed by atoms with E-state index in [9.17, 15) is 14.4 Å². The molecule has 2 nitrogen and oxygen atoms in total. The number of ketones is 1. The Kier molecular flexibility index (Phi) is 4.73. The summed E-state index contributed by atoms with van der Waals surface area (Å²) in [6.45, 7) is 0. The molecule has 0 heterocycles. The molecule has 0 aliphatic carbocycles. The van der Waals surface area contributed by atoms with E-state index in [1.165, 1.54) is 18.2 Å². The van der Waals surface area contributed by atoms with Crippen molar-refractivity contribution >= 4 is 40.0 Å². The molecule has 0 N–H and O–H groups in total. The van der Waals surface area contributed by atoms with Gasteiger partial charge in [0.1, 0.15) is 11.7 Å². The van der Waals surface area contributed by atoms with Crippen LogP contribution in [0.25, 0.3) is 0 Å². The number of Topliss-reactive ketones (excluding diaryl/α,β-unsaturated/α-hetero) is 1. The fraction of sp³-hybridized carbons (Fsp3) is 0.0667. The lowest BCUT2D eigenvalue weighted by Gasteiger charge is -2.11. The van der Waals surface area contributed by atoms with E-state index in [0.29, 0.717) is 5.56 Å². The lowest BCUT2D eigenvalue weighted by atomic mass is 9.91. The highest BCUT2D eigenvalue weighted by Gasteiger charge is 2.26. The van der Waals surface area contributed by atoms with Crippen molar-refractivity contribution in [2.24, 2.45) is 0 Å². The Balaban J connectivity index is 2.49. The van der Waals surface area contributed by atoms with Gasteiger partial charge in [0.25, 0.3) is 0 Å². The normalized spacial score (nSPS) is 11.7. The Labute approximate surface area is 134 Å². The van der Waals surface area contributed by atoms with Gasteiger partial charge in [-0.1, -0.05) is 41.9 Å². The highest BCUT2D eigenvalue weighted by molar-refractivity contribution is 14.1. The lowest BCUT2D eigenvalue weighted by Crippen LogP contribution is -2.14. The molecule has 5 heteroatoms. The van der Waals surface area contributed by atoms with Crippen molar-refractivity contribution in [3.63, 3.8) is 0 Å². The van der Waals surface area contributed by atoms with Gasteiger partial charge < -0.3 is 0 Å². The highest BCUT2D eigenvalue weighted by Crippen LogP contribution is 2.28. The molecule has 0 fully saturated rings. The molecule has 0 radical (unpaired) electrons. The van der Waals surface area contributed by atoms with E-state index in [2.05, 4.69) is 0 Å². The van der Waals surface area contributed by atoms with Gasteiger partial charge in [-0.3, -0.25) is 4.79 Å². The summed E-state index contributed by atoms with van der Waals surface area (Å²) in [6, 6.07) is 13.0. The standard InChI is InChI=1S/C15H8ClFINO/c16-12-6-3-5-9(14(12)17)11(8-19)15(20)10-4-1-2-7-13(10)18/h1-7,11H. The second kappa shape index (κ2) is 6.33. The number of carbonyl (C=O) groups is 1. The third-order valence-electron chi connectivity index (χ3n) is 2.82. The SMILES string of the molecule is N#CC(C(=O)c1ccccc1I)c1cccc(Cl)c1F. The number of hydrogen-bond donors (Lipinski definition) is 0. The summed E-state index contributed by atoms with van der Waals surface area (Å²) < 4.78 is 14.7. The maximum atomic E-state index is 14.0. The van der Waals surface area contributed by atoms with Crippen LogP contribution < -0.4 is 0 Å². The van der Waals surface area contributed by atoms with Crippen molar-refractivity contribution in [2.75, 3.05) is 0 Å². The van der Waals surface area contributed by atoms with Gasteiger partial charge in [0.05, 0.1) is 11.1 Å². The van der Waals surface area contributed by atoms with Gasteiger partial charge in [-0.25, -0.2) is 4.39 Å². The van der Waals surface area contributed by atoms with E-state index >= 15 is 0 Å². The van der Waals surface area contributed by atoms with Crippen LogP contribution in [-0.2, 0) is 0 Å². The molecular formula is C15H8ClFINO. The van der Waals surface area contributed by atoms with Gasteiger partial charge in [0.15, 0.2) is 5.78 Å². The minimum absolute atomic E-state index is 0.00431. The van der Waals surface area contributed by atoms with Gasteiger partial charge in [-0.05, 0) is 34.7 Å².